The number of benzene rings is 4. The molecule has 3 unspecified atom stereocenters. The Morgan fingerprint density at radius 2 is 0.938 bits per heavy atom. The molecule has 4 aromatic rings. The van der Waals surface area contributed by atoms with Crippen LogP contribution in [0.25, 0.3) is 0 Å². The predicted molar refractivity (Wildman–Crippen MR) is 303 cm³/mol. The van der Waals surface area contributed by atoms with Gasteiger partial charge in [0, 0.05) is 50.4 Å². The number of nitrogens with one attached hydrogen (secondary N) is 6. The smallest absolute Gasteiger partial charge is 0.314 e. The number of unbranched alkanes of at least 4 members (excludes halogenated alkanes) is 1. The van der Waals surface area contributed by atoms with E-state index < -0.39 is 21.0 Å². The second-order valence-electron chi connectivity index (χ2n) is 20.5. The van der Waals surface area contributed by atoms with Crippen LogP contribution in [0.2, 0.25) is 0 Å². The summed E-state index contributed by atoms with van der Waals surface area (Å²) in [5.74, 6) is 0.595. The van der Waals surface area contributed by atoms with Crippen molar-refractivity contribution in [1.82, 2.24) is 40.5 Å². The Labute approximate surface area is 477 Å². The molecule has 444 valence electrons. The minimum Gasteiger partial charge on any atom is -0.484 e. The van der Waals surface area contributed by atoms with Crippen LogP contribution < -0.4 is 40.2 Å². The van der Waals surface area contributed by atoms with E-state index in [4.69, 9.17) is 28.4 Å². The Hall–Kier alpha value is -5.34. The lowest BCUT2D eigenvalue weighted by Crippen LogP contribution is -2.43. The van der Waals surface area contributed by atoms with Gasteiger partial charge in [-0.3, -0.25) is 9.80 Å². The molecule has 0 radical (unpaired) electrons. The first-order chi connectivity index (χ1) is 39.5. The molecule has 23 heteroatoms. The molecule has 0 bridgehead atoms. The van der Waals surface area contributed by atoms with Gasteiger partial charge in [-0.25, -0.2) is 40.4 Å². The molecular weight excluding hydrogens is 1090 g/mol. The quantitative estimate of drug-likeness (QED) is 0.0299. The summed E-state index contributed by atoms with van der Waals surface area (Å²) < 4.78 is 108. The van der Waals surface area contributed by atoms with Crippen molar-refractivity contribution >= 4 is 33.1 Å². The topological polar surface area (TPSA) is 219 Å². The van der Waals surface area contributed by atoms with E-state index >= 15 is 0 Å². The molecule has 2 heterocycles. The standard InChI is InChI=1S/C58H80F2N8O11S2/c59-45-11-9-43-39-53(67-27-5-1-6-28-67)55(51(43)41-45)78-47-13-17-49(18-14-47)80(71)65-25-33-76-37-35-74-31-23-63-57(69)61-21-3-4-22-62-58(70)64-24-32-75-36-38-77-34-26-66-81(72,73)50-19-15-48(16-20-50)79-56-52-42-46(60)12-10-44(52)40-54(56)68-29-7-2-8-30-68/h9-20,41-42,53-56,65-66H,1-8,21-40H2,(H2,61,63,69)(H2,62,64,70)/t53?,54?,55-,56-,80?/m0/s1. The average Bonchev–Trinajstić information content (AvgIpc) is 4.25. The van der Waals surface area contributed by atoms with Crippen molar-refractivity contribution in [3.63, 3.8) is 0 Å². The zero-order valence-corrected chi connectivity index (χ0v) is 47.8. The largest absolute Gasteiger partial charge is 0.484 e. The molecule has 0 saturated carbocycles. The molecule has 4 aromatic carbocycles. The van der Waals surface area contributed by atoms with Crippen LogP contribution >= 0.6 is 0 Å². The van der Waals surface area contributed by atoms with Crippen LogP contribution in [0.1, 0.15) is 85.8 Å². The Bertz CT molecular complexity index is 2720. The fraction of sp³-hybridized carbons (Fsp3) is 0.552. The van der Waals surface area contributed by atoms with E-state index in [1.807, 2.05) is 24.3 Å². The number of fused-ring (bicyclic) bond motifs is 2. The summed E-state index contributed by atoms with van der Waals surface area (Å²) in [6.45, 7) is 8.13. The fourth-order valence-electron chi connectivity index (χ4n) is 10.7. The lowest BCUT2D eigenvalue weighted by Gasteiger charge is -2.35. The summed E-state index contributed by atoms with van der Waals surface area (Å²) in [7, 11) is -5.24. The number of halogens is 2. The number of piperidine rings is 2. The number of amides is 4. The number of rotatable bonds is 33. The van der Waals surface area contributed by atoms with Gasteiger partial charge in [0.15, 0.2) is 0 Å². The summed E-state index contributed by atoms with van der Waals surface area (Å²) in [6, 6.07) is 22.9. The molecule has 8 rings (SSSR count). The van der Waals surface area contributed by atoms with Crippen molar-refractivity contribution in [3.05, 3.63) is 119 Å². The Morgan fingerprint density at radius 3 is 1.41 bits per heavy atom. The number of ether oxygens (including phenoxy) is 6. The van der Waals surface area contributed by atoms with Gasteiger partial charge in [0.25, 0.3) is 0 Å². The van der Waals surface area contributed by atoms with E-state index in [1.54, 1.807) is 36.4 Å². The van der Waals surface area contributed by atoms with E-state index in [0.717, 1.165) is 87.0 Å². The summed E-state index contributed by atoms with van der Waals surface area (Å²) >= 11 is 0. The molecule has 2 fully saturated rings. The Morgan fingerprint density at radius 1 is 0.519 bits per heavy atom. The third kappa shape index (κ3) is 19.4. The number of hydrogen-bond acceptors (Lipinski definition) is 13. The molecule has 5 atom stereocenters. The summed E-state index contributed by atoms with van der Waals surface area (Å²) in [5, 5.41) is 11.0. The predicted octanol–water partition coefficient (Wildman–Crippen LogP) is 6.06. The monoisotopic (exact) mass is 1170 g/mol. The van der Waals surface area contributed by atoms with E-state index in [0.29, 0.717) is 81.8 Å². The number of urea groups is 2. The molecule has 0 spiro atoms. The average molecular weight is 1170 g/mol. The SMILES string of the molecule is O=C(NCCCCNC(=O)NCCOCCOCCNS(=O)(=O)c1ccc(O[C@H]2c3cc(F)ccc3CC2N2CCCCC2)cc1)NCCOCCOCCNS(=O)c1ccc(O[C@H]2c3cc(F)ccc3CC2N2CCCCC2)cc1. The highest BCUT2D eigenvalue weighted by Gasteiger charge is 2.40. The van der Waals surface area contributed by atoms with Crippen molar-refractivity contribution < 1.29 is 59.4 Å². The van der Waals surface area contributed by atoms with Crippen molar-refractivity contribution in [2.24, 2.45) is 0 Å². The van der Waals surface area contributed by atoms with Crippen LogP contribution in [-0.4, -0.2) is 165 Å². The molecule has 4 amide bonds. The highest BCUT2D eigenvalue weighted by molar-refractivity contribution is 7.89. The molecule has 2 aliphatic heterocycles. The minimum atomic E-state index is -3.80. The zero-order chi connectivity index (χ0) is 56.7. The summed E-state index contributed by atoms with van der Waals surface area (Å²) in [4.78, 5) is 29.9. The number of carbonyl (C=O) groups excluding carboxylic acids is 2. The van der Waals surface area contributed by atoms with Gasteiger partial charge in [0.1, 0.15) is 46.3 Å². The van der Waals surface area contributed by atoms with E-state index in [9.17, 15) is 31.0 Å². The molecule has 81 heavy (non-hydrogen) atoms. The van der Waals surface area contributed by atoms with Gasteiger partial charge in [-0.1, -0.05) is 25.0 Å². The Balaban J connectivity index is 0.564. The molecule has 4 aliphatic rings. The maximum atomic E-state index is 14.3. The van der Waals surface area contributed by atoms with Crippen LogP contribution in [0, 0.1) is 11.6 Å². The maximum absolute atomic E-state index is 14.3. The second kappa shape index (κ2) is 32.5. The van der Waals surface area contributed by atoms with Crippen molar-refractivity contribution in [1.29, 1.82) is 0 Å². The number of nitrogens with zero attached hydrogens (tertiary/aromatic N) is 2. The van der Waals surface area contributed by atoms with Gasteiger partial charge in [-0.15, -0.1) is 0 Å². The number of sulfonamides is 1. The van der Waals surface area contributed by atoms with Crippen molar-refractivity contribution in [2.45, 2.75) is 98.3 Å². The normalized spacial score (nSPS) is 19.6. The third-order valence-corrected chi connectivity index (χ3v) is 17.4. The first-order valence-corrected chi connectivity index (χ1v) is 31.2. The maximum Gasteiger partial charge on any atom is 0.314 e. The van der Waals surface area contributed by atoms with E-state index in [1.165, 1.54) is 37.1 Å². The van der Waals surface area contributed by atoms with E-state index in [2.05, 4.69) is 40.5 Å². The van der Waals surface area contributed by atoms with Crippen molar-refractivity contribution in [2.75, 3.05) is 118 Å². The van der Waals surface area contributed by atoms with Gasteiger partial charge in [-0.2, -0.15) is 0 Å². The van der Waals surface area contributed by atoms with Gasteiger partial charge in [-0.05, 0) is 161 Å². The Kier molecular flexibility index (Phi) is 24.8. The minimum absolute atomic E-state index is 0.0648. The first-order valence-electron chi connectivity index (χ1n) is 28.6. The molecule has 2 aliphatic carbocycles. The molecular formula is C58H80F2N8O11S2. The lowest BCUT2D eigenvalue weighted by atomic mass is 10.0. The number of likely N-dealkylation sites (tertiary alicyclic amines) is 2. The fourth-order valence-corrected chi connectivity index (χ4v) is 12.5. The molecule has 0 aromatic heterocycles. The molecule has 2 saturated heterocycles. The lowest BCUT2D eigenvalue weighted by molar-refractivity contribution is 0.0516. The summed E-state index contributed by atoms with van der Waals surface area (Å²) in [6.07, 6.45) is 9.30. The van der Waals surface area contributed by atoms with Crippen LogP contribution in [0.5, 0.6) is 11.5 Å². The summed E-state index contributed by atoms with van der Waals surface area (Å²) in [5.41, 5.74) is 3.94. The van der Waals surface area contributed by atoms with Crippen LogP contribution in [0.4, 0.5) is 18.4 Å². The highest BCUT2D eigenvalue weighted by atomic mass is 32.2. The van der Waals surface area contributed by atoms with Gasteiger partial charge >= 0.3 is 12.1 Å². The van der Waals surface area contributed by atoms with Crippen LogP contribution in [0.15, 0.2) is 94.7 Å². The van der Waals surface area contributed by atoms with E-state index in [-0.39, 0.29) is 92.4 Å². The highest BCUT2D eigenvalue weighted by Crippen LogP contribution is 2.41. The van der Waals surface area contributed by atoms with Gasteiger partial charge < -0.3 is 49.7 Å². The number of carbonyl (C=O) groups is 2. The number of hydrogen-bond donors (Lipinski definition) is 6. The second-order valence-corrected chi connectivity index (χ2v) is 23.6. The third-order valence-electron chi connectivity index (χ3n) is 14.8. The zero-order valence-electron chi connectivity index (χ0n) is 46.1. The van der Waals surface area contributed by atoms with Crippen molar-refractivity contribution in [3.8, 4) is 11.5 Å². The van der Waals surface area contributed by atoms with Crippen LogP contribution in [-0.2, 0) is 52.8 Å². The van der Waals surface area contributed by atoms with Gasteiger partial charge in [0.05, 0.1) is 74.7 Å². The van der Waals surface area contributed by atoms with Gasteiger partial charge in [0.2, 0.25) is 10.0 Å². The molecule has 6 N–H and O–H groups in total. The first kappa shape index (κ1) is 61.7. The van der Waals surface area contributed by atoms with Crippen LogP contribution in [0.3, 0.4) is 0 Å². The molecule has 19 nitrogen and oxygen atoms in total.